The molecule has 1 heterocycles. The van der Waals surface area contributed by atoms with E-state index in [0.29, 0.717) is 13.0 Å². The van der Waals surface area contributed by atoms with E-state index in [0.717, 1.165) is 25.9 Å². The first kappa shape index (κ1) is 13.0. The van der Waals surface area contributed by atoms with Gasteiger partial charge in [0.05, 0.1) is 19.1 Å². The molecular weight excluding hydrogens is 210 g/mol. The molecule has 1 N–H and O–H groups in total. The zero-order valence-electron chi connectivity index (χ0n) is 9.66. The van der Waals surface area contributed by atoms with E-state index in [4.69, 9.17) is 9.47 Å². The highest BCUT2D eigenvalue weighted by Gasteiger charge is 2.17. The summed E-state index contributed by atoms with van der Waals surface area (Å²) in [5, 5.41) is 2.52. The van der Waals surface area contributed by atoms with Crippen molar-refractivity contribution in [2.45, 2.75) is 38.7 Å². The third-order valence-electron chi connectivity index (χ3n) is 2.42. The van der Waals surface area contributed by atoms with Crippen molar-refractivity contribution in [1.82, 2.24) is 5.32 Å². The van der Waals surface area contributed by atoms with Crippen LogP contribution in [0.1, 0.15) is 32.6 Å². The van der Waals surface area contributed by atoms with Crippen LogP contribution in [0.3, 0.4) is 0 Å². The molecule has 0 aromatic carbocycles. The molecule has 1 rings (SSSR count). The van der Waals surface area contributed by atoms with E-state index < -0.39 is 5.97 Å². The van der Waals surface area contributed by atoms with E-state index in [9.17, 15) is 9.59 Å². The molecule has 1 unspecified atom stereocenters. The Kier molecular flexibility index (Phi) is 5.85. The number of esters is 1. The van der Waals surface area contributed by atoms with Gasteiger partial charge in [-0.15, -0.1) is 0 Å². The third-order valence-corrected chi connectivity index (χ3v) is 2.42. The minimum absolute atomic E-state index is 0.0101. The van der Waals surface area contributed by atoms with Crippen molar-refractivity contribution in [2.24, 2.45) is 0 Å². The van der Waals surface area contributed by atoms with Crippen molar-refractivity contribution in [1.29, 1.82) is 0 Å². The smallest absolute Gasteiger partial charge is 0.325 e. The number of amides is 1. The molecule has 1 aliphatic heterocycles. The summed E-state index contributed by atoms with van der Waals surface area (Å²) < 4.78 is 10.1. The predicted molar refractivity (Wildman–Crippen MR) is 57.9 cm³/mol. The fraction of sp³-hybridized carbons (Fsp3) is 0.818. The largest absolute Gasteiger partial charge is 0.465 e. The molecule has 0 spiro atoms. The second-order valence-electron chi connectivity index (χ2n) is 3.77. The quantitative estimate of drug-likeness (QED) is 0.702. The molecule has 1 atom stereocenters. The number of hydrogen-bond acceptors (Lipinski definition) is 4. The van der Waals surface area contributed by atoms with Gasteiger partial charge in [-0.25, -0.2) is 0 Å². The molecule has 1 aliphatic rings. The lowest BCUT2D eigenvalue weighted by atomic mass is 10.1. The summed E-state index contributed by atoms with van der Waals surface area (Å²) in [5.74, 6) is -0.555. The Morgan fingerprint density at radius 2 is 2.25 bits per heavy atom. The van der Waals surface area contributed by atoms with Gasteiger partial charge in [0.1, 0.15) is 6.54 Å². The first-order valence-electron chi connectivity index (χ1n) is 5.76. The Morgan fingerprint density at radius 3 is 2.88 bits per heavy atom. The zero-order chi connectivity index (χ0) is 11.8. The van der Waals surface area contributed by atoms with Crippen molar-refractivity contribution < 1.29 is 19.1 Å². The lowest BCUT2D eigenvalue weighted by molar-refractivity contribution is -0.143. The lowest BCUT2D eigenvalue weighted by Gasteiger charge is -2.21. The average molecular weight is 229 g/mol. The molecule has 5 heteroatoms. The summed E-state index contributed by atoms with van der Waals surface area (Å²) in [7, 11) is 0. The third kappa shape index (κ3) is 5.11. The Balaban J connectivity index is 2.12. The summed E-state index contributed by atoms with van der Waals surface area (Å²) in [6, 6.07) is 0. The summed E-state index contributed by atoms with van der Waals surface area (Å²) in [6.45, 7) is 2.74. The van der Waals surface area contributed by atoms with Gasteiger partial charge < -0.3 is 14.8 Å². The van der Waals surface area contributed by atoms with Gasteiger partial charge in [0, 0.05) is 6.61 Å². The second-order valence-corrected chi connectivity index (χ2v) is 3.77. The van der Waals surface area contributed by atoms with E-state index in [1.165, 1.54) is 0 Å². The van der Waals surface area contributed by atoms with Gasteiger partial charge in [0.15, 0.2) is 0 Å². The van der Waals surface area contributed by atoms with Crippen LogP contribution < -0.4 is 5.32 Å². The Morgan fingerprint density at radius 1 is 1.44 bits per heavy atom. The maximum absolute atomic E-state index is 11.4. The van der Waals surface area contributed by atoms with Crippen LogP contribution in [0.5, 0.6) is 0 Å². The molecule has 0 aromatic rings. The maximum atomic E-state index is 11.4. The molecule has 16 heavy (non-hydrogen) atoms. The van der Waals surface area contributed by atoms with Crippen LogP contribution >= 0.6 is 0 Å². The van der Waals surface area contributed by atoms with Gasteiger partial charge in [0.25, 0.3) is 0 Å². The van der Waals surface area contributed by atoms with Crippen molar-refractivity contribution >= 4 is 11.9 Å². The highest BCUT2D eigenvalue weighted by Crippen LogP contribution is 2.15. The first-order valence-corrected chi connectivity index (χ1v) is 5.76. The first-order chi connectivity index (χ1) is 7.72. The van der Waals surface area contributed by atoms with Crippen LogP contribution in [0.25, 0.3) is 0 Å². The van der Waals surface area contributed by atoms with Crippen LogP contribution in [-0.4, -0.2) is 37.7 Å². The molecular formula is C11H19NO4. The van der Waals surface area contributed by atoms with E-state index in [1.54, 1.807) is 6.92 Å². The van der Waals surface area contributed by atoms with Crippen LogP contribution in [0.15, 0.2) is 0 Å². The van der Waals surface area contributed by atoms with Crippen LogP contribution in [0.2, 0.25) is 0 Å². The molecule has 1 fully saturated rings. The van der Waals surface area contributed by atoms with Gasteiger partial charge in [-0.05, 0) is 26.2 Å². The van der Waals surface area contributed by atoms with Gasteiger partial charge >= 0.3 is 5.97 Å². The monoisotopic (exact) mass is 229 g/mol. The van der Waals surface area contributed by atoms with Crippen LogP contribution in [-0.2, 0) is 19.1 Å². The topological polar surface area (TPSA) is 64.6 Å². The average Bonchev–Trinajstić information content (AvgIpc) is 2.28. The summed E-state index contributed by atoms with van der Waals surface area (Å²) in [6.07, 6.45) is 3.44. The Hall–Kier alpha value is -1.10. The standard InChI is InChI=1S/C11H19NO4/c1-2-15-11(14)8-12-10(13)7-9-5-3-4-6-16-9/h9H,2-8H2,1H3,(H,12,13). The molecule has 0 saturated carbocycles. The van der Waals surface area contributed by atoms with Gasteiger partial charge in [0.2, 0.25) is 5.91 Å². The molecule has 1 saturated heterocycles. The maximum Gasteiger partial charge on any atom is 0.325 e. The minimum atomic E-state index is -0.402. The molecule has 5 nitrogen and oxygen atoms in total. The molecule has 92 valence electrons. The number of rotatable bonds is 5. The number of nitrogens with one attached hydrogen (secondary N) is 1. The Bertz CT molecular complexity index is 236. The number of hydrogen-bond donors (Lipinski definition) is 1. The van der Waals surface area contributed by atoms with Crippen molar-refractivity contribution in [3.8, 4) is 0 Å². The Labute approximate surface area is 95.5 Å². The summed E-state index contributed by atoms with van der Waals surface area (Å²) in [5.41, 5.74) is 0. The number of carbonyl (C=O) groups is 2. The minimum Gasteiger partial charge on any atom is -0.465 e. The van der Waals surface area contributed by atoms with E-state index in [1.807, 2.05) is 0 Å². The molecule has 0 radical (unpaired) electrons. The highest BCUT2D eigenvalue weighted by molar-refractivity contribution is 5.82. The predicted octanol–water partition coefficient (Wildman–Crippen LogP) is 0.625. The fourth-order valence-corrected chi connectivity index (χ4v) is 1.63. The summed E-state index contributed by atoms with van der Waals surface area (Å²) >= 11 is 0. The molecule has 0 bridgehead atoms. The van der Waals surface area contributed by atoms with Crippen molar-refractivity contribution in [2.75, 3.05) is 19.8 Å². The van der Waals surface area contributed by atoms with Crippen molar-refractivity contribution in [3.63, 3.8) is 0 Å². The van der Waals surface area contributed by atoms with E-state index >= 15 is 0 Å². The number of carbonyl (C=O) groups excluding carboxylic acids is 2. The van der Waals surface area contributed by atoms with Crippen LogP contribution in [0.4, 0.5) is 0 Å². The van der Waals surface area contributed by atoms with E-state index in [-0.39, 0.29) is 18.6 Å². The SMILES string of the molecule is CCOC(=O)CNC(=O)CC1CCCCO1. The van der Waals surface area contributed by atoms with Gasteiger partial charge in [-0.1, -0.05) is 0 Å². The fourth-order valence-electron chi connectivity index (χ4n) is 1.63. The van der Waals surface area contributed by atoms with Crippen LogP contribution in [0, 0.1) is 0 Å². The molecule has 0 aromatic heterocycles. The normalized spacial score (nSPS) is 20.2. The highest BCUT2D eigenvalue weighted by atomic mass is 16.5. The van der Waals surface area contributed by atoms with Crippen molar-refractivity contribution in [3.05, 3.63) is 0 Å². The molecule has 1 amide bonds. The van der Waals surface area contributed by atoms with E-state index in [2.05, 4.69) is 5.32 Å². The molecule has 0 aliphatic carbocycles. The second kappa shape index (κ2) is 7.22. The lowest BCUT2D eigenvalue weighted by Crippen LogP contribution is -2.34. The summed E-state index contributed by atoms with van der Waals surface area (Å²) in [4.78, 5) is 22.4. The van der Waals surface area contributed by atoms with Gasteiger partial charge in [-0.2, -0.15) is 0 Å². The van der Waals surface area contributed by atoms with Gasteiger partial charge in [-0.3, -0.25) is 9.59 Å². The zero-order valence-corrected chi connectivity index (χ0v) is 9.66. The number of ether oxygens (including phenoxy) is 2.